The van der Waals surface area contributed by atoms with E-state index in [1.807, 2.05) is 0 Å². The first-order chi connectivity index (χ1) is 9.94. The van der Waals surface area contributed by atoms with Crippen molar-refractivity contribution in [2.45, 2.75) is 4.90 Å². The van der Waals surface area contributed by atoms with Crippen molar-refractivity contribution in [1.82, 2.24) is 4.98 Å². The van der Waals surface area contributed by atoms with Crippen LogP contribution in [-0.4, -0.2) is 26.4 Å². The summed E-state index contributed by atoms with van der Waals surface area (Å²) in [6.45, 7) is 0. The van der Waals surface area contributed by atoms with Crippen molar-refractivity contribution in [3.63, 3.8) is 0 Å². The highest BCUT2D eigenvalue weighted by molar-refractivity contribution is 7.92. The number of anilines is 1. The van der Waals surface area contributed by atoms with Crippen LogP contribution in [0.5, 0.6) is 5.75 Å². The fourth-order valence-electron chi connectivity index (χ4n) is 1.68. The number of carbonyl (C=O) groups excluding carboxylic acids is 1. The summed E-state index contributed by atoms with van der Waals surface area (Å²) < 4.78 is 31.8. The first-order valence-corrected chi connectivity index (χ1v) is 7.33. The number of hydrogen-bond acceptors (Lipinski definition) is 5. The molecule has 1 amide bonds. The van der Waals surface area contributed by atoms with Crippen LogP contribution in [0.15, 0.2) is 47.6 Å². The summed E-state index contributed by atoms with van der Waals surface area (Å²) in [4.78, 5) is 15.1. The first kappa shape index (κ1) is 14.8. The zero-order valence-electron chi connectivity index (χ0n) is 11.1. The number of benzene rings is 1. The molecule has 0 atom stereocenters. The third kappa shape index (κ3) is 3.29. The molecule has 0 aliphatic rings. The fraction of sp³-hybridized carbons (Fsp3) is 0.0769. The van der Waals surface area contributed by atoms with Gasteiger partial charge in [-0.15, -0.1) is 0 Å². The lowest BCUT2D eigenvalue weighted by Crippen LogP contribution is -2.16. The van der Waals surface area contributed by atoms with Gasteiger partial charge in [0.2, 0.25) is 0 Å². The van der Waals surface area contributed by atoms with Gasteiger partial charge in [-0.05, 0) is 30.3 Å². The number of pyridine rings is 1. The minimum Gasteiger partial charge on any atom is -0.496 e. The average molecular weight is 307 g/mol. The number of rotatable bonds is 5. The molecular formula is C13H13N3O4S. The van der Waals surface area contributed by atoms with Crippen molar-refractivity contribution in [1.29, 1.82) is 0 Å². The zero-order valence-corrected chi connectivity index (χ0v) is 11.9. The number of nitrogens with two attached hydrogens (primary N) is 1. The molecule has 1 aromatic heterocycles. The predicted molar refractivity (Wildman–Crippen MR) is 76.6 cm³/mol. The van der Waals surface area contributed by atoms with Gasteiger partial charge < -0.3 is 10.5 Å². The first-order valence-electron chi connectivity index (χ1n) is 5.85. The van der Waals surface area contributed by atoms with Crippen molar-refractivity contribution in [3.05, 3.63) is 48.3 Å². The summed E-state index contributed by atoms with van der Waals surface area (Å²) in [7, 11) is -2.48. The minimum atomic E-state index is -3.85. The normalized spacial score (nSPS) is 10.9. The van der Waals surface area contributed by atoms with Crippen LogP contribution < -0.4 is 15.2 Å². The van der Waals surface area contributed by atoms with Crippen LogP contribution >= 0.6 is 0 Å². The second kappa shape index (κ2) is 5.80. The van der Waals surface area contributed by atoms with E-state index in [1.165, 1.54) is 37.7 Å². The maximum Gasteiger partial charge on any atom is 0.261 e. The maximum absolute atomic E-state index is 12.2. The van der Waals surface area contributed by atoms with E-state index in [0.29, 0.717) is 5.69 Å². The summed E-state index contributed by atoms with van der Waals surface area (Å²) in [6.07, 6.45) is 2.90. The molecule has 0 unspecified atom stereocenters. The number of primary amides is 1. The molecular weight excluding hydrogens is 294 g/mol. The summed E-state index contributed by atoms with van der Waals surface area (Å²) in [5, 5.41) is 0. The van der Waals surface area contributed by atoms with Gasteiger partial charge in [0, 0.05) is 6.20 Å². The highest BCUT2D eigenvalue weighted by atomic mass is 32.2. The van der Waals surface area contributed by atoms with E-state index in [2.05, 4.69) is 9.71 Å². The van der Waals surface area contributed by atoms with Crippen molar-refractivity contribution in [3.8, 4) is 5.75 Å². The van der Waals surface area contributed by atoms with Gasteiger partial charge in [0.05, 0.1) is 29.5 Å². The molecule has 8 heteroatoms. The molecule has 1 aromatic carbocycles. The highest BCUT2D eigenvalue weighted by Gasteiger charge is 2.18. The Hall–Kier alpha value is -2.61. The quantitative estimate of drug-likeness (QED) is 0.855. The van der Waals surface area contributed by atoms with E-state index < -0.39 is 15.9 Å². The lowest BCUT2D eigenvalue weighted by molar-refractivity contribution is 0.0997. The number of carbonyl (C=O) groups is 1. The zero-order chi connectivity index (χ0) is 15.5. The molecule has 0 aliphatic carbocycles. The second-order valence-corrected chi connectivity index (χ2v) is 5.76. The van der Waals surface area contributed by atoms with Crippen LogP contribution in [0.25, 0.3) is 0 Å². The SMILES string of the molecule is COc1ccc(S(=O)(=O)Nc2cccnc2)cc1C(N)=O. The third-order valence-electron chi connectivity index (χ3n) is 2.66. The number of hydrogen-bond donors (Lipinski definition) is 2. The Morgan fingerprint density at radius 2 is 2.10 bits per heavy atom. The molecule has 0 aliphatic heterocycles. The molecule has 2 rings (SSSR count). The highest BCUT2D eigenvalue weighted by Crippen LogP contribution is 2.23. The Labute approximate surface area is 121 Å². The largest absolute Gasteiger partial charge is 0.496 e. The number of amides is 1. The Bertz CT molecular complexity index is 760. The lowest BCUT2D eigenvalue weighted by Gasteiger charge is -2.10. The van der Waals surface area contributed by atoms with Gasteiger partial charge in [0.25, 0.3) is 15.9 Å². The van der Waals surface area contributed by atoms with E-state index >= 15 is 0 Å². The van der Waals surface area contributed by atoms with Crippen LogP contribution in [-0.2, 0) is 10.0 Å². The van der Waals surface area contributed by atoms with Crippen LogP contribution in [0.1, 0.15) is 10.4 Å². The van der Waals surface area contributed by atoms with Crippen molar-refractivity contribution >= 4 is 21.6 Å². The van der Waals surface area contributed by atoms with Crippen LogP contribution in [0.2, 0.25) is 0 Å². The Balaban J connectivity index is 2.41. The molecule has 0 fully saturated rings. The molecule has 0 radical (unpaired) electrons. The maximum atomic E-state index is 12.2. The van der Waals surface area contributed by atoms with Gasteiger partial charge >= 0.3 is 0 Å². The third-order valence-corrected chi connectivity index (χ3v) is 4.04. The predicted octanol–water partition coefficient (Wildman–Crippen LogP) is 0.990. The standard InChI is InChI=1S/C13H13N3O4S/c1-20-12-5-4-10(7-11(12)13(14)17)21(18,19)16-9-3-2-6-15-8-9/h2-8,16H,1H3,(H2,14,17). The van der Waals surface area contributed by atoms with Gasteiger partial charge in [0.1, 0.15) is 5.75 Å². The number of nitrogens with one attached hydrogen (secondary N) is 1. The Kier molecular flexibility index (Phi) is 4.08. The molecule has 3 N–H and O–H groups in total. The van der Waals surface area contributed by atoms with E-state index in [1.54, 1.807) is 12.1 Å². The Morgan fingerprint density at radius 3 is 2.67 bits per heavy atom. The smallest absolute Gasteiger partial charge is 0.261 e. The van der Waals surface area contributed by atoms with Crippen molar-refractivity contribution < 1.29 is 17.9 Å². The number of ether oxygens (including phenoxy) is 1. The monoisotopic (exact) mass is 307 g/mol. The summed E-state index contributed by atoms with van der Waals surface area (Å²) in [5.41, 5.74) is 5.52. The Morgan fingerprint density at radius 1 is 1.33 bits per heavy atom. The molecule has 21 heavy (non-hydrogen) atoms. The van der Waals surface area contributed by atoms with E-state index in [0.717, 1.165) is 0 Å². The molecule has 2 aromatic rings. The molecule has 0 saturated carbocycles. The lowest BCUT2D eigenvalue weighted by atomic mass is 10.2. The van der Waals surface area contributed by atoms with E-state index in [4.69, 9.17) is 10.5 Å². The minimum absolute atomic E-state index is 0.00781. The van der Waals surface area contributed by atoms with Crippen molar-refractivity contribution in [2.24, 2.45) is 5.73 Å². The molecule has 1 heterocycles. The summed E-state index contributed by atoms with van der Waals surface area (Å²) in [5.74, 6) is -0.562. The molecule has 110 valence electrons. The topological polar surface area (TPSA) is 111 Å². The van der Waals surface area contributed by atoms with Gasteiger partial charge in [-0.1, -0.05) is 0 Å². The number of methoxy groups -OCH3 is 1. The van der Waals surface area contributed by atoms with Gasteiger partial charge in [-0.3, -0.25) is 14.5 Å². The number of sulfonamides is 1. The van der Waals surface area contributed by atoms with Crippen LogP contribution in [0.4, 0.5) is 5.69 Å². The van der Waals surface area contributed by atoms with E-state index in [-0.39, 0.29) is 16.2 Å². The summed E-state index contributed by atoms with van der Waals surface area (Å²) >= 11 is 0. The van der Waals surface area contributed by atoms with Gasteiger partial charge in [-0.2, -0.15) is 0 Å². The van der Waals surface area contributed by atoms with Gasteiger partial charge in [0.15, 0.2) is 0 Å². The number of aromatic nitrogens is 1. The molecule has 0 saturated heterocycles. The van der Waals surface area contributed by atoms with Crippen LogP contribution in [0.3, 0.4) is 0 Å². The average Bonchev–Trinajstić information content (AvgIpc) is 2.47. The second-order valence-electron chi connectivity index (χ2n) is 4.07. The van der Waals surface area contributed by atoms with Crippen LogP contribution in [0, 0.1) is 0 Å². The fourth-order valence-corrected chi connectivity index (χ4v) is 2.75. The molecule has 0 bridgehead atoms. The van der Waals surface area contributed by atoms with Crippen molar-refractivity contribution in [2.75, 3.05) is 11.8 Å². The summed E-state index contributed by atoms with van der Waals surface area (Å²) in [6, 6.07) is 7.02. The molecule has 0 spiro atoms. The molecule has 7 nitrogen and oxygen atoms in total. The van der Waals surface area contributed by atoms with E-state index in [9.17, 15) is 13.2 Å². The number of nitrogens with zero attached hydrogens (tertiary/aromatic N) is 1. The van der Waals surface area contributed by atoms with Gasteiger partial charge in [-0.25, -0.2) is 8.42 Å².